The van der Waals surface area contributed by atoms with E-state index in [9.17, 15) is 4.79 Å². The molecule has 0 aromatic rings. The van der Waals surface area contributed by atoms with E-state index in [-0.39, 0.29) is 5.97 Å². The van der Waals surface area contributed by atoms with Crippen LogP contribution in [-0.4, -0.2) is 17.1 Å². The van der Waals surface area contributed by atoms with Crippen molar-refractivity contribution in [3.8, 4) is 0 Å². The summed E-state index contributed by atoms with van der Waals surface area (Å²) in [4.78, 5) is 12.4. The molecule has 3 nitrogen and oxygen atoms in total. The quantitative estimate of drug-likeness (QED) is 0.710. The third kappa shape index (κ3) is 1.55. The van der Waals surface area contributed by atoms with Crippen LogP contribution in [0.1, 0.15) is 46.5 Å². The molecule has 17 heavy (non-hydrogen) atoms. The summed E-state index contributed by atoms with van der Waals surface area (Å²) in [5.74, 6) is 2.14. The number of esters is 1. The predicted molar refractivity (Wildman–Crippen MR) is 65.2 cm³/mol. The van der Waals surface area contributed by atoms with Gasteiger partial charge in [-0.2, -0.15) is 0 Å². The zero-order chi connectivity index (χ0) is 12.4. The van der Waals surface area contributed by atoms with Gasteiger partial charge in [0.15, 0.2) is 0 Å². The second kappa shape index (κ2) is 3.25. The van der Waals surface area contributed by atoms with Gasteiger partial charge >= 0.3 is 5.97 Å². The van der Waals surface area contributed by atoms with Gasteiger partial charge in [0.05, 0.1) is 0 Å². The van der Waals surface area contributed by atoms with Crippen molar-refractivity contribution in [3.63, 3.8) is 0 Å². The van der Waals surface area contributed by atoms with Crippen LogP contribution in [0.4, 0.5) is 0 Å². The minimum Gasteiger partial charge on any atom is -0.459 e. The van der Waals surface area contributed by atoms with Gasteiger partial charge in [-0.05, 0) is 70.1 Å². The van der Waals surface area contributed by atoms with Crippen molar-refractivity contribution in [1.29, 1.82) is 0 Å². The normalized spacial score (nSPS) is 47.5. The van der Waals surface area contributed by atoms with E-state index < -0.39 is 11.1 Å². The monoisotopic (exact) mass is 237 g/mol. The van der Waals surface area contributed by atoms with Crippen LogP contribution < -0.4 is 5.73 Å². The van der Waals surface area contributed by atoms with Crippen molar-refractivity contribution in [2.75, 3.05) is 0 Å². The Balaban J connectivity index is 1.85. The van der Waals surface area contributed by atoms with Crippen molar-refractivity contribution < 1.29 is 9.53 Å². The molecule has 0 spiro atoms. The molecule has 4 rings (SSSR count). The summed E-state index contributed by atoms with van der Waals surface area (Å²) in [6, 6.07) is 0. The van der Waals surface area contributed by atoms with Crippen LogP contribution >= 0.6 is 0 Å². The average molecular weight is 237 g/mol. The molecule has 4 bridgehead atoms. The highest BCUT2D eigenvalue weighted by Crippen LogP contribution is 2.62. The van der Waals surface area contributed by atoms with Gasteiger partial charge in [0, 0.05) is 0 Å². The number of rotatable bonds is 1. The van der Waals surface area contributed by atoms with Crippen molar-refractivity contribution in [2.45, 2.75) is 57.6 Å². The van der Waals surface area contributed by atoms with E-state index in [1.54, 1.807) is 0 Å². The second-order valence-electron chi connectivity index (χ2n) is 7.31. The van der Waals surface area contributed by atoms with Gasteiger partial charge in [-0.3, -0.25) is 4.79 Å². The molecule has 5 atom stereocenters. The summed E-state index contributed by atoms with van der Waals surface area (Å²) in [5.41, 5.74) is 5.40. The van der Waals surface area contributed by atoms with Crippen LogP contribution in [0.15, 0.2) is 0 Å². The predicted octanol–water partition coefficient (Wildman–Crippen LogP) is 2.09. The minimum atomic E-state index is -0.676. The number of hydrogen-bond donors (Lipinski definition) is 1. The van der Waals surface area contributed by atoms with Crippen LogP contribution in [0.5, 0.6) is 0 Å². The molecule has 0 aliphatic heterocycles. The highest BCUT2D eigenvalue weighted by molar-refractivity contribution is 5.83. The zero-order valence-electron chi connectivity index (χ0n) is 11.0. The summed E-state index contributed by atoms with van der Waals surface area (Å²) in [5, 5.41) is 0. The molecule has 3 heteroatoms. The largest absolute Gasteiger partial charge is 0.459 e. The maximum atomic E-state index is 12.4. The Hall–Kier alpha value is -0.570. The summed E-state index contributed by atoms with van der Waals surface area (Å²) in [7, 11) is 0. The average Bonchev–Trinajstić information content (AvgIpc) is 2.57. The summed E-state index contributed by atoms with van der Waals surface area (Å²) >= 11 is 0. The van der Waals surface area contributed by atoms with E-state index in [1.165, 1.54) is 6.42 Å². The molecule has 4 aliphatic rings. The Morgan fingerprint density at radius 1 is 1.24 bits per heavy atom. The maximum Gasteiger partial charge on any atom is 0.327 e. The molecule has 4 fully saturated rings. The van der Waals surface area contributed by atoms with Crippen LogP contribution in [0.3, 0.4) is 0 Å². The molecule has 2 N–H and O–H groups in total. The van der Waals surface area contributed by atoms with E-state index in [0.717, 1.165) is 25.2 Å². The SMILES string of the molecule is CC(C)(C)OC(=O)C1(N)C2CC3CC(C2)C1C3. The Morgan fingerprint density at radius 3 is 2.53 bits per heavy atom. The molecule has 5 unspecified atom stereocenters. The standard InChI is InChI=1S/C14H23NO2/c1-13(2,3)17-12(16)14(15)10-5-8-4-9(7-10)11(14)6-8/h8-11H,4-7,15H2,1-3H3. The van der Waals surface area contributed by atoms with Crippen molar-refractivity contribution >= 4 is 5.97 Å². The lowest BCUT2D eigenvalue weighted by molar-refractivity contribution is -0.166. The van der Waals surface area contributed by atoms with Crippen molar-refractivity contribution in [3.05, 3.63) is 0 Å². The van der Waals surface area contributed by atoms with Gasteiger partial charge in [-0.1, -0.05) is 0 Å². The summed E-state index contributed by atoms with van der Waals surface area (Å²) in [6.45, 7) is 5.75. The minimum absolute atomic E-state index is 0.150. The van der Waals surface area contributed by atoms with Crippen molar-refractivity contribution in [2.24, 2.45) is 29.4 Å². The zero-order valence-corrected chi connectivity index (χ0v) is 11.0. The molecule has 4 saturated carbocycles. The first-order chi connectivity index (χ1) is 7.80. The molecule has 96 valence electrons. The first-order valence-electron chi connectivity index (χ1n) is 6.83. The number of nitrogens with two attached hydrogens (primary N) is 1. The molecule has 0 saturated heterocycles. The molecule has 0 aromatic heterocycles. The number of carbonyl (C=O) groups excluding carboxylic acids is 1. The van der Waals surface area contributed by atoms with Gasteiger partial charge in [0.2, 0.25) is 0 Å². The number of hydrogen-bond acceptors (Lipinski definition) is 3. The van der Waals surface area contributed by atoms with Gasteiger partial charge in [0.1, 0.15) is 11.1 Å². The van der Waals surface area contributed by atoms with E-state index in [2.05, 4.69) is 0 Å². The molecule has 0 aromatic carbocycles. The fourth-order valence-electron chi connectivity index (χ4n) is 4.52. The van der Waals surface area contributed by atoms with Crippen LogP contribution in [-0.2, 0) is 9.53 Å². The maximum absolute atomic E-state index is 12.4. The first kappa shape index (κ1) is 11.5. The summed E-state index contributed by atoms with van der Waals surface area (Å²) in [6.07, 6.45) is 4.74. The number of ether oxygens (including phenoxy) is 1. The lowest BCUT2D eigenvalue weighted by Crippen LogP contribution is -2.59. The van der Waals surface area contributed by atoms with E-state index in [1.807, 2.05) is 20.8 Å². The Bertz CT molecular complexity index is 356. The molecule has 0 radical (unpaired) electrons. The Kier molecular flexibility index (Phi) is 2.20. The van der Waals surface area contributed by atoms with Crippen LogP contribution in [0, 0.1) is 23.7 Å². The highest BCUT2D eigenvalue weighted by Gasteiger charge is 2.65. The van der Waals surface area contributed by atoms with E-state index in [0.29, 0.717) is 17.8 Å². The molecule has 4 aliphatic carbocycles. The van der Waals surface area contributed by atoms with Gasteiger partial charge in [0.25, 0.3) is 0 Å². The molecular formula is C14H23NO2. The van der Waals surface area contributed by atoms with Crippen LogP contribution in [0.2, 0.25) is 0 Å². The summed E-state index contributed by atoms with van der Waals surface area (Å²) < 4.78 is 5.56. The smallest absolute Gasteiger partial charge is 0.327 e. The highest BCUT2D eigenvalue weighted by atomic mass is 16.6. The third-order valence-corrected chi connectivity index (χ3v) is 5.04. The molecule has 0 amide bonds. The van der Waals surface area contributed by atoms with Gasteiger partial charge in [-0.25, -0.2) is 0 Å². The third-order valence-electron chi connectivity index (χ3n) is 5.04. The lowest BCUT2D eigenvalue weighted by atomic mass is 9.70. The second-order valence-corrected chi connectivity index (χ2v) is 7.31. The topological polar surface area (TPSA) is 52.3 Å². The fraction of sp³-hybridized carbons (Fsp3) is 0.929. The van der Waals surface area contributed by atoms with Crippen LogP contribution in [0.25, 0.3) is 0 Å². The lowest BCUT2D eigenvalue weighted by Gasteiger charge is -2.40. The number of carbonyl (C=O) groups is 1. The fourth-order valence-corrected chi connectivity index (χ4v) is 4.52. The first-order valence-corrected chi connectivity index (χ1v) is 6.83. The van der Waals surface area contributed by atoms with E-state index >= 15 is 0 Å². The Labute approximate surface area is 103 Å². The molecular weight excluding hydrogens is 214 g/mol. The van der Waals surface area contributed by atoms with Gasteiger partial charge < -0.3 is 10.5 Å². The van der Waals surface area contributed by atoms with E-state index in [4.69, 9.17) is 10.5 Å². The molecule has 0 heterocycles. The van der Waals surface area contributed by atoms with Crippen molar-refractivity contribution in [1.82, 2.24) is 0 Å². The van der Waals surface area contributed by atoms with Gasteiger partial charge in [-0.15, -0.1) is 0 Å². The Morgan fingerprint density at radius 2 is 1.94 bits per heavy atom.